The Labute approximate surface area is 86.9 Å². The van der Waals surface area contributed by atoms with Crippen molar-refractivity contribution in [2.75, 3.05) is 18.0 Å². The van der Waals surface area contributed by atoms with Gasteiger partial charge in [-0.2, -0.15) is 5.21 Å². The second kappa shape index (κ2) is 3.38. The zero-order valence-corrected chi connectivity index (χ0v) is 8.30. The Morgan fingerprint density at radius 3 is 2.87 bits per heavy atom. The van der Waals surface area contributed by atoms with E-state index in [1.807, 2.05) is 16.8 Å². The maximum absolute atomic E-state index is 3.98. The molecule has 3 heterocycles. The van der Waals surface area contributed by atoms with Gasteiger partial charge in [-0.1, -0.05) is 5.10 Å². The third-order valence-corrected chi connectivity index (χ3v) is 2.71. The summed E-state index contributed by atoms with van der Waals surface area (Å²) in [5.41, 5.74) is 0. The van der Waals surface area contributed by atoms with Gasteiger partial charge in [0.25, 0.3) is 5.95 Å². The zero-order valence-electron chi connectivity index (χ0n) is 8.30. The lowest BCUT2D eigenvalue weighted by atomic mass is 10.4. The molecule has 0 spiro atoms. The lowest BCUT2D eigenvalue weighted by Crippen LogP contribution is -2.20. The van der Waals surface area contributed by atoms with E-state index in [0.717, 1.165) is 18.9 Å². The van der Waals surface area contributed by atoms with Crippen LogP contribution in [0.3, 0.4) is 0 Å². The molecule has 1 aliphatic heterocycles. The minimum absolute atomic E-state index is 0.599. The molecule has 0 saturated carbocycles. The predicted octanol–water partition coefficient (Wildman–Crippen LogP) is 0.591. The standard InChI is InChI=1S/C9H12N6/c1-2-6-14(5-1)8-4-3-7-15(8)9-10-12-13-11-9/h3-4,7H,1-2,5-6H2,(H,10,11,12,13). The molecule has 0 amide bonds. The minimum atomic E-state index is 0.599. The van der Waals surface area contributed by atoms with Crippen molar-refractivity contribution in [3.05, 3.63) is 18.3 Å². The second-order valence-electron chi connectivity index (χ2n) is 3.64. The molecule has 0 atom stereocenters. The Balaban J connectivity index is 1.98. The topological polar surface area (TPSA) is 62.6 Å². The highest BCUT2D eigenvalue weighted by Crippen LogP contribution is 2.22. The van der Waals surface area contributed by atoms with E-state index in [2.05, 4.69) is 31.6 Å². The summed E-state index contributed by atoms with van der Waals surface area (Å²) in [6, 6.07) is 4.09. The summed E-state index contributed by atoms with van der Waals surface area (Å²) in [5.74, 6) is 1.75. The number of hydrogen-bond acceptors (Lipinski definition) is 4. The number of tetrazole rings is 1. The Hall–Kier alpha value is -1.85. The highest BCUT2D eigenvalue weighted by molar-refractivity contribution is 5.45. The number of hydrogen-bond donors (Lipinski definition) is 1. The van der Waals surface area contributed by atoms with E-state index in [0.29, 0.717) is 5.95 Å². The molecule has 2 aromatic heterocycles. The first-order valence-corrected chi connectivity index (χ1v) is 5.11. The van der Waals surface area contributed by atoms with Gasteiger partial charge in [0.05, 0.1) is 0 Å². The molecule has 0 radical (unpaired) electrons. The van der Waals surface area contributed by atoms with Gasteiger partial charge >= 0.3 is 0 Å². The Morgan fingerprint density at radius 2 is 2.13 bits per heavy atom. The summed E-state index contributed by atoms with van der Waals surface area (Å²) in [6.07, 6.45) is 4.48. The Kier molecular flexibility index (Phi) is 1.90. The van der Waals surface area contributed by atoms with Crippen LogP contribution in [0, 0.1) is 0 Å². The smallest absolute Gasteiger partial charge is 0.275 e. The number of aromatic amines is 1. The van der Waals surface area contributed by atoms with Crippen molar-refractivity contribution in [2.24, 2.45) is 0 Å². The Morgan fingerprint density at radius 1 is 1.27 bits per heavy atom. The van der Waals surface area contributed by atoms with E-state index < -0.39 is 0 Å². The molecule has 0 bridgehead atoms. The minimum Gasteiger partial charge on any atom is -0.358 e. The second-order valence-corrected chi connectivity index (χ2v) is 3.64. The summed E-state index contributed by atoms with van der Waals surface area (Å²) >= 11 is 0. The normalized spacial score (nSPS) is 16.1. The van der Waals surface area contributed by atoms with Gasteiger partial charge in [-0.05, 0) is 30.2 Å². The highest BCUT2D eigenvalue weighted by Gasteiger charge is 2.17. The summed E-state index contributed by atoms with van der Waals surface area (Å²) in [6.45, 7) is 2.23. The quantitative estimate of drug-likeness (QED) is 0.777. The van der Waals surface area contributed by atoms with E-state index in [4.69, 9.17) is 0 Å². The van der Waals surface area contributed by atoms with Gasteiger partial charge in [-0.25, -0.2) is 0 Å². The van der Waals surface area contributed by atoms with E-state index in [-0.39, 0.29) is 0 Å². The molecule has 6 nitrogen and oxygen atoms in total. The molecule has 0 aromatic carbocycles. The van der Waals surface area contributed by atoms with Crippen molar-refractivity contribution in [1.82, 2.24) is 25.2 Å². The van der Waals surface area contributed by atoms with Crippen molar-refractivity contribution in [2.45, 2.75) is 12.8 Å². The maximum Gasteiger partial charge on any atom is 0.275 e. The van der Waals surface area contributed by atoms with Gasteiger partial charge in [0.1, 0.15) is 5.82 Å². The van der Waals surface area contributed by atoms with Crippen LogP contribution in [0.1, 0.15) is 12.8 Å². The van der Waals surface area contributed by atoms with Crippen molar-refractivity contribution in [3.63, 3.8) is 0 Å². The van der Waals surface area contributed by atoms with Crippen LogP contribution < -0.4 is 4.90 Å². The van der Waals surface area contributed by atoms with E-state index >= 15 is 0 Å². The molecule has 0 unspecified atom stereocenters. The number of nitrogens with one attached hydrogen (secondary N) is 1. The molecular weight excluding hydrogens is 192 g/mol. The maximum atomic E-state index is 3.98. The average Bonchev–Trinajstić information content (AvgIpc) is 3.01. The third-order valence-electron chi connectivity index (χ3n) is 2.71. The van der Waals surface area contributed by atoms with Crippen molar-refractivity contribution < 1.29 is 0 Å². The van der Waals surface area contributed by atoms with Crippen molar-refractivity contribution >= 4 is 5.82 Å². The molecule has 0 aliphatic carbocycles. The lowest BCUT2D eigenvalue weighted by molar-refractivity contribution is 0.864. The van der Waals surface area contributed by atoms with Gasteiger partial charge in [0.2, 0.25) is 0 Å². The summed E-state index contributed by atoms with van der Waals surface area (Å²) in [5, 5.41) is 14.0. The molecule has 1 aliphatic rings. The lowest BCUT2D eigenvalue weighted by Gasteiger charge is -2.17. The van der Waals surface area contributed by atoms with E-state index in [1.54, 1.807) is 0 Å². The SMILES string of the molecule is c1cc(N2CCCC2)n(-c2nn[nH]n2)c1. The first-order chi connectivity index (χ1) is 7.45. The van der Waals surface area contributed by atoms with Gasteiger partial charge in [0.15, 0.2) is 0 Å². The molecule has 1 N–H and O–H groups in total. The summed E-state index contributed by atoms with van der Waals surface area (Å²) in [4.78, 5) is 2.34. The van der Waals surface area contributed by atoms with Crippen LogP contribution in [0.15, 0.2) is 18.3 Å². The number of nitrogens with zero attached hydrogens (tertiary/aromatic N) is 5. The fourth-order valence-electron chi connectivity index (χ4n) is 2.00. The van der Waals surface area contributed by atoms with Gasteiger partial charge < -0.3 is 4.90 Å². The fourth-order valence-corrected chi connectivity index (χ4v) is 2.00. The number of aromatic nitrogens is 5. The van der Waals surface area contributed by atoms with Crippen molar-refractivity contribution in [1.29, 1.82) is 0 Å². The van der Waals surface area contributed by atoms with Crippen LogP contribution in [0.25, 0.3) is 5.95 Å². The Bertz CT molecular complexity index is 425. The largest absolute Gasteiger partial charge is 0.358 e. The molecular formula is C9H12N6. The van der Waals surface area contributed by atoms with Gasteiger partial charge in [0, 0.05) is 19.3 Å². The fraction of sp³-hybridized carbons (Fsp3) is 0.444. The van der Waals surface area contributed by atoms with Crippen LogP contribution in [-0.4, -0.2) is 38.3 Å². The van der Waals surface area contributed by atoms with Crippen molar-refractivity contribution in [3.8, 4) is 5.95 Å². The predicted molar refractivity (Wildman–Crippen MR) is 55.0 cm³/mol. The summed E-state index contributed by atoms with van der Waals surface area (Å²) in [7, 11) is 0. The van der Waals surface area contributed by atoms with Crippen LogP contribution in [0.2, 0.25) is 0 Å². The van der Waals surface area contributed by atoms with Crippen LogP contribution in [0.4, 0.5) is 5.82 Å². The van der Waals surface area contributed by atoms with Crippen LogP contribution in [-0.2, 0) is 0 Å². The number of rotatable bonds is 2. The molecule has 1 fully saturated rings. The van der Waals surface area contributed by atoms with E-state index in [9.17, 15) is 0 Å². The molecule has 78 valence electrons. The molecule has 15 heavy (non-hydrogen) atoms. The molecule has 1 saturated heterocycles. The molecule has 2 aromatic rings. The summed E-state index contributed by atoms with van der Waals surface area (Å²) < 4.78 is 1.95. The average molecular weight is 204 g/mol. The molecule has 3 rings (SSSR count). The van der Waals surface area contributed by atoms with Crippen LogP contribution >= 0.6 is 0 Å². The monoisotopic (exact) mass is 204 g/mol. The first kappa shape index (κ1) is 8.46. The third kappa shape index (κ3) is 1.38. The number of H-pyrrole nitrogens is 1. The zero-order chi connectivity index (χ0) is 10.1. The van der Waals surface area contributed by atoms with E-state index in [1.165, 1.54) is 12.8 Å². The number of anilines is 1. The molecule has 6 heteroatoms. The van der Waals surface area contributed by atoms with Gasteiger partial charge in [-0.15, -0.1) is 5.10 Å². The highest BCUT2D eigenvalue weighted by atomic mass is 15.5. The van der Waals surface area contributed by atoms with Crippen LogP contribution in [0.5, 0.6) is 0 Å². The first-order valence-electron chi connectivity index (χ1n) is 5.11. The van der Waals surface area contributed by atoms with Gasteiger partial charge in [-0.3, -0.25) is 4.57 Å².